The number of hydrogen-bond donors (Lipinski definition) is 0. The topological polar surface area (TPSA) is 44.8 Å². The Kier molecular flexibility index (Phi) is 4.76. The summed E-state index contributed by atoms with van der Waals surface area (Å²) in [7, 11) is 0. The van der Waals surface area contributed by atoms with Crippen molar-refractivity contribution in [2.75, 3.05) is 6.61 Å². The second-order valence-electron chi connectivity index (χ2n) is 6.58. The van der Waals surface area contributed by atoms with Gasteiger partial charge in [-0.1, -0.05) is 48.5 Å². The smallest absolute Gasteiger partial charge is 0.312 e. The number of carbonyl (C=O) groups excluding carboxylic acids is 1. The molecule has 0 N–H and O–H groups in total. The molecule has 0 unspecified atom stereocenters. The Balaban J connectivity index is 1.51. The number of benzene rings is 2. The number of rotatable bonds is 5. The molecule has 0 aromatic heterocycles. The Bertz CT molecular complexity index is 812. The maximum Gasteiger partial charge on any atom is 0.312 e. The molecule has 1 heterocycles. The first-order valence-corrected chi connectivity index (χ1v) is 9.06. The van der Waals surface area contributed by atoms with Crippen LogP contribution in [0.1, 0.15) is 24.5 Å². The average molecular weight is 350 g/mol. The quantitative estimate of drug-likeness (QED) is 0.765. The highest BCUT2D eigenvalue weighted by Gasteiger charge is 2.42. The second-order valence-corrected chi connectivity index (χ2v) is 6.58. The first kappa shape index (κ1) is 16.9. The lowest BCUT2D eigenvalue weighted by Crippen LogP contribution is -2.38. The van der Waals surface area contributed by atoms with Crippen LogP contribution in [0.15, 0.2) is 60.7 Å². The minimum Gasteiger partial charge on any atom is -0.485 e. The Morgan fingerprint density at radius 3 is 2.69 bits per heavy atom. The predicted molar refractivity (Wildman–Crippen MR) is 98.6 cm³/mol. The number of carbonyl (C=O) groups is 1. The van der Waals surface area contributed by atoms with E-state index in [4.69, 9.17) is 14.2 Å². The summed E-state index contributed by atoms with van der Waals surface area (Å²) in [5.74, 6) is 0.279. The molecule has 0 saturated heterocycles. The molecule has 0 spiro atoms. The van der Waals surface area contributed by atoms with Gasteiger partial charge in [-0.3, -0.25) is 4.79 Å². The molecule has 0 fully saturated rings. The molecule has 2 aromatic rings. The first-order chi connectivity index (χ1) is 12.8. The van der Waals surface area contributed by atoms with Crippen LogP contribution < -0.4 is 4.74 Å². The van der Waals surface area contributed by atoms with Gasteiger partial charge < -0.3 is 14.2 Å². The van der Waals surface area contributed by atoms with Gasteiger partial charge >= 0.3 is 5.97 Å². The van der Waals surface area contributed by atoms with Crippen molar-refractivity contribution >= 4 is 11.5 Å². The highest BCUT2D eigenvalue weighted by molar-refractivity contribution is 5.82. The highest BCUT2D eigenvalue weighted by Crippen LogP contribution is 2.44. The largest absolute Gasteiger partial charge is 0.485 e. The van der Waals surface area contributed by atoms with Crippen molar-refractivity contribution < 1.29 is 19.0 Å². The summed E-state index contributed by atoms with van der Waals surface area (Å²) in [6, 6.07) is 17.7. The van der Waals surface area contributed by atoms with E-state index in [1.54, 1.807) is 0 Å². The van der Waals surface area contributed by atoms with Gasteiger partial charge in [0.2, 0.25) is 0 Å². The third-order valence-corrected chi connectivity index (χ3v) is 4.91. The van der Waals surface area contributed by atoms with Crippen LogP contribution in [-0.2, 0) is 20.9 Å². The standard InChI is InChI=1S/C22H22O4/c1-2-24-20-12-17-16-10-6-7-11-19(16)26-21(17)13-18(20)22(23)25-14-15-8-4-3-5-9-15/h3-12,18,20-21H,2,13-14H2,1H3/t18-,20+,21+/m0/s1. The fraction of sp³-hybridized carbons (Fsp3) is 0.318. The van der Waals surface area contributed by atoms with Crippen molar-refractivity contribution in [1.29, 1.82) is 0 Å². The molecule has 4 nitrogen and oxygen atoms in total. The van der Waals surface area contributed by atoms with Gasteiger partial charge in [-0.2, -0.15) is 0 Å². The molecule has 0 amide bonds. The van der Waals surface area contributed by atoms with Crippen LogP contribution in [0.25, 0.3) is 5.57 Å². The fourth-order valence-electron chi connectivity index (χ4n) is 3.65. The summed E-state index contributed by atoms with van der Waals surface area (Å²) in [5.41, 5.74) is 3.19. The summed E-state index contributed by atoms with van der Waals surface area (Å²) >= 11 is 0. The summed E-state index contributed by atoms with van der Waals surface area (Å²) in [6.45, 7) is 2.76. The number of para-hydroxylation sites is 1. The van der Waals surface area contributed by atoms with Crippen LogP contribution in [0, 0.1) is 5.92 Å². The summed E-state index contributed by atoms with van der Waals surface area (Å²) in [4.78, 5) is 12.7. The van der Waals surface area contributed by atoms with Crippen molar-refractivity contribution in [2.45, 2.75) is 32.2 Å². The minimum absolute atomic E-state index is 0.113. The lowest BCUT2D eigenvalue weighted by atomic mass is 9.83. The fourth-order valence-corrected chi connectivity index (χ4v) is 3.65. The van der Waals surface area contributed by atoms with Crippen LogP contribution in [0.5, 0.6) is 5.75 Å². The van der Waals surface area contributed by atoms with Gasteiger partial charge in [0.15, 0.2) is 0 Å². The molecule has 0 radical (unpaired) electrons. The average Bonchev–Trinajstić information content (AvgIpc) is 3.04. The van der Waals surface area contributed by atoms with Crippen molar-refractivity contribution in [1.82, 2.24) is 0 Å². The van der Waals surface area contributed by atoms with E-state index >= 15 is 0 Å². The molecule has 1 aliphatic heterocycles. The van der Waals surface area contributed by atoms with Crippen LogP contribution in [0.4, 0.5) is 0 Å². The van der Waals surface area contributed by atoms with E-state index in [1.165, 1.54) is 0 Å². The zero-order valence-electron chi connectivity index (χ0n) is 14.8. The van der Waals surface area contributed by atoms with Gasteiger partial charge in [0, 0.05) is 24.2 Å². The van der Waals surface area contributed by atoms with Crippen molar-refractivity contribution in [3.05, 3.63) is 71.8 Å². The molecule has 2 aliphatic rings. The van der Waals surface area contributed by atoms with Crippen molar-refractivity contribution in [3.8, 4) is 5.75 Å². The second kappa shape index (κ2) is 7.34. The minimum atomic E-state index is -0.360. The molecular formula is C22H22O4. The van der Waals surface area contributed by atoms with Gasteiger partial charge in [-0.05, 0) is 24.6 Å². The Morgan fingerprint density at radius 2 is 1.88 bits per heavy atom. The Hall–Kier alpha value is -2.59. The lowest BCUT2D eigenvalue weighted by Gasteiger charge is -2.30. The van der Waals surface area contributed by atoms with Gasteiger partial charge in [0.1, 0.15) is 18.5 Å². The van der Waals surface area contributed by atoms with E-state index in [-0.39, 0.29) is 30.7 Å². The SMILES string of the molecule is CCO[C@@H]1C=C2c3ccccc3O[C@@H]2C[C@@H]1C(=O)OCc1ccccc1. The molecule has 2 aromatic carbocycles. The van der Waals surface area contributed by atoms with E-state index in [0.717, 1.165) is 22.4 Å². The molecule has 0 saturated carbocycles. The molecule has 26 heavy (non-hydrogen) atoms. The summed E-state index contributed by atoms with van der Waals surface area (Å²) < 4.78 is 17.5. The van der Waals surface area contributed by atoms with Crippen LogP contribution >= 0.6 is 0 Å². The number of fused-ring (bicyclic) bond motifs is 3. The van der Waals surface area contributed by atoms with E-state index in [0.29, 0.717) is 13.0 Å². The summed E-state index contributed by atoms with van der Waals surface area (Å²) in [5, 5.41) is 0. The van der Waals surface area contributed by atoms with E-state index in [1.807, 2.05) is 61.5 Å². The maximum atomic E-state index is 12.7. The van der Waals surface area contributed by atoms with Crippen LogP contribution in [0.3, 0.4) is 0 Å². The van der Waals surface area contributed by atoms with Gasteiger partial charge in [0.05, 0.1) is 12.0 Å². The molecule has 1 aliphatic carbocycles. The van der Waals surface area contributed by atoms with E-state index < -0.39 is 0 Å². The molecular weight excluding hydrogens is 328 g/mol. The van der Waals surface area contributed by atoms with Crippen molar-refractivity contribution in [2.24, 2.45) is 5.92 Å². The highest BCUT2D eigenvalue weighted by atomic mass is 16.5. The zero-order chi connectivity index (χ0) is 17.9. The molecule has 134 valence electrons. The number of hydrogen-bond acceptors (Lipinski definition) is 4. The third kappa shape index (κ3) is 3.25. The maximum absolute atomic E-state index is 12.7. The van der Waals surface area contributed by atoms with Gasteiger partial charge in [-0.15, -0.1) is 0 Å². The summed E-state index contributed by atoms with van der Waals surface area (Å²) in [6.07, 6.45) is 2.21. The van der Waals surface area contributed by atoms with Crippen LogP contribution in [0.2, 0.25) is 0 Å². The van der Waals surface area contributed by atoms with Crippen molar-refractivity contribution in [3.63, 3.8) is 0 Å². The van der Waals surface area contributed by atoms with Crippen LogP contribution in [-0.4, -0.2) is 24.8 Å². The predicted octanol–water partition coefficient (Wildman–Crippen LogP) is 4.00. The number of ether oxygens (including phenoxy) is 3. The Labute approximate surface area is 153 Å². The third-order valence-electron chi connectivity index (χ3n) is 4.91. The number of esters is 1. The van der Waals surface area contributed by atoms with Gasteiger partial charge in [0.25, 0.3) is 0 Å². The van der Waals surface area contributed by atoms with Gasteiger partial charge in [-0.25, -0.2) is 0 Å². The normalized spacial score (nSPS) is 23.4. The molecule has 0 bridgehead atoms. The zero-order valence-corrected chi connectivity index (χ0v) is 14.8. The monoisotopic (exact) mass is 350 g/mol. The molecule has 3 atom stereocenters. The molecule has 4 heteroatoms. The Morgan fingerprint density at radius 1 is 1.12 bits per heavy atom. The first-order valence-electron chi connectivity index (χ1n) is 9.06. The molecule has 4 rings (SSSR count). The van der Waals surface area contributed by atoms with E-state index in [2.05, 4.69) is 6.07 Å². The van der Waals surface area contributed by atoms with E-state index in [9.17, 15) is 4.79 Å². The lowest BCUT2D eigenvalue weighted by molar-refractivity contribution is -0.155.